The summed E-state index contributed by atoms with van der Waals surface area (Å²) in [6, 6.07) is 2.16. The summed E-state index contributed by atoms with van der Waals surface area (Å²) in [6.07, 6.45) is 4.83. The monoisotopic (exact) mass is 356 g/mol. The van der Waals surface area contributed by atoms with Gasteiger partial charge in [0.05, 0.1) is 17.1 Å². The molecule has 4 rings (SSSR count). The largest absolute Gasteiger partial charge is 0.459 e. The molecule has 26 heavy (non-hydrogen) atoms. The summed E-state index contributed by atoms with van der Waals surface area (Å²) in [5.74, 6) is 0.762. The molecule has 1 saturated heterocycles. The summed E-state index contributed by atoms with van der Waals surface area (Å²) in [6.45, 7) is 7.33. The second-order valence-electron chi connectivity index (χ2n) is 7.12. The first kappa shape index (κ1) is 16.9. The fourth-order valence-corrected chi connectivity index (χ4v) is 4.05. The number of likely N-dealkylation sites (tertiary alicyclic amines) is 1. The number of rotatable bonds is 3. The van der Waals surface area contributed by atoms with Crippen molar-refractivity contribution in [1.29, 1.82) is 0 Å². The zero-order valence-electron chi connectivity index (χ0n) is 15.5. The Kier molecular flexibility index (Phi) is 4.09. The fraction of sp³-hybridized carbons (Fsp3) is 0.526. The normalized spacial score (nSPS) is 18.1. The molecule has 1 fully saturated rings. The zero-order valence-corrected chi connectivity index (χ0v) is 15.5. The lowest BCUT2D eigenvalue weighted by atomic mass is 10.0. The highest BCUT2D eigenvalue weighted by Crippen LogP contribution is 2.29. The third-order valence-electron chi connectivity index (χ3n) is 5.38. The summed E-state index contributed by atoms with van der Waals surface area (Å²) in [4.78, 5) is 27.6. The molecule has 0 saturated carbocycles. The highest BCUT2D eigenvalue weighted by atomic mass is 16.3. The Morgan fingerprint density at radius 1 is 1.38 bits per heavy atom. The van der Waals surface area contributed by atoms with E-state index < -0.39 is 0 Å². The summed E-state index contributed by atoms with van der Waals surface area (Å²) in [5.41, 5.74) is 1.89. The zero-order chi connectivity index (χ0) is 18.4. The van der Waals surface area contributed by atoms with E-state index in [0.29, 0.717) is 23.0 Å². The molecule has 7 heteroatoms. The molecule has 0 aromatic carbocycles. The average molecular weight is 356 g/mol. The van der Waals surface area contributed by atoms with Crippen LogP contribution >= 0.6 is 0 Å². The Labute approximate surface area is 151 Å². The molecule has 0 unspecified atom stereocenters. The van der Waals surface area contributed by atoms with E-state index in [2.05, 4.69) is 12.0 Å². The maximum Gasteiger partial charge on any atom is 0.291 e. The minimum absolute atomic E-state index is 0.0194. The van der Waals surface area contributed by atoms with Crippen LogP contribution in [0.3, 0.4) is 0 Å². The minimum atomic E-state index is -0.244. The third-order valence-corrected chi connectivity index (χ3v) is 5.38. The van der Waals surface area contributed by atoms with Crippen molar-refractivity contribution in [2.24, 2.45) is 0 Å². The first-order valence-electron chi connectivity index (χ1n) is 9.29. The van der Waals surface area contributed by atoms with Crippen LogP contribution in [0.5, 0.6) is 0 Å². The standard InChI is InChI=1S/C19H24N4O3/c1-4-21-15-9-13(3)26-18(15)14-10-20-23(19(25)17(14)21)11-16(24)22-8-6-5-7-12(22)2/h9-10,12H,4-8,11H2,1-3H3/t12-/m0/s1. The summed E-state index contributed by atoms with van der Waals surface area (Å²) < 4.78 is 8.99. The quantitative estimate of drug-likeness (QED) is 0.723. The van der Waals surface area contributed by atoms with Crippen LogP contribution in [0.15, 0.2) is 21.5 Å². The van der Waals surface area contributed by atoms with E-state index in [4.69, 9.17) is 4.42 Å². The molecule has 3 aromatic heterocycles. The Balaban J connectivity index is 1.76. The van der Waals surface area contributed by atoms with Gasteiger partial charge in [0.2, 0.25) is 5.91 Å². The molecule has 7 nitrogen and oxygen atoms in total. The topological polar surface area (TPSA) is 73.3 Å². The van der Waals surface area contributed by atoms with Crippen LogP contribution in [-0.4, -0.2) is 37.7 Å². The predicted molar refractivity (Wildman–Crippen MR) is 99.2 cm³/mol. The predicted octanol–water partition coefficient (Wildman–Crippen LogP) is 2.67. The molecule has 4 heterocycles. The number of furan rings is 1. The van der Waals surface area contributed by atoms with Gasteiger partial charge in [-0.25, -0.2) is 4.68 Å². The molecular formula is C19H24N4O3. The van der Waals surface area contributed by atoms with Gasteiger partial charge in [-0.1, -0.05) is 0 Å². The number of carbonyl (C=O) groups is 1. The molecule has 0 N–H and O–H groups in total. The highest BCUT2D eigenvalue weighted by Gasteiger charge is 2.25. The highest BCUT2D eigenvalue weighted by molar-refractivity contribution is 6.04. The number of hydrogen-bond donors (Lipinski definition) is 0. The molecule has 3 aromatic rings. The van der Waals surface area contributed by atoms with E-state index in [1.807, 2.05) is 29.4 Å². The maximum atomic E-state index is 13.0. The second-order valence-corrected chi connectivity index (χ2v) is 7.12. The smallest absolute Gasteiger partial charge is 0.291 e. The van der Waals surface area contributed by atoms with Crippen molar-refractivity contribution < 1.29 is 9.21 Å². The molecule has 0 spiro atoms. The molecule has 1 atom stereocenters. The third kappa shape index (κ3) is 2.53. The lowest BCUT2D eigenvalue weighted by Crippen LogP contribution is -2.45. The van der Waals surface area contributed by atoms with Crippen molar-refractivity contribution >= 4 is 27.9 Å². The van der Waals surface area contributed by atoms with Crippen molar-refractivity contribution in [3.63, 3.8) is 0 Å². The SMILES string of the molecule is CCn1c2cc(C)oc2c2cnn(CC(=O)N3CCCC[C@@H]3C)c(=O)c21. The molecule has 0 bridgehead atoms. The minimum Gasteiger partial charge on any atom is -0.459 e. The van der Waals surface area contributed by atoms with Crippen LogP contribution in [0.2, 0.25) is 0 Å². The van der Waals surface area contributed by atoms with E-state index in [9.17, 15) is 9.59 Å². The van der Waals surface area contributed by atoms with Crippen molar-refractivity contribution in [2.75, 3.05) is 6.54 Å². The van der Waals surface area contributed by atoms with Gasteiger partial charge in [0, 0.05) is 25.2 Å². The molecule has 0 aliphatic carbocycles. The number of piperidine rings is 1. The first-order valence-corrected chi connectivity index (χ1v) is 9.29. The number of amides is 1. The summed E-state index contributed by atoms with van der Waals surface area (Å²) in [7, 11) is 0. The Hall–Kier alpha value is -2.57. The fourth-order valence-electron chi connectivity index (χ4n) is 4.05. The van der Waals surface area contributed by atoms with Crippen LogP contribution in [0, 0.1) is 6.92 Å². The van der Waals surface area contributed by atoms with Crippen molar-refractivity contribution in [1.82, 2.24) is 19.2 Å². The molecule has 0 radical (unpaired) electrons. The van der Waals surface area contributed by atoms with E-state index in [1.54, 1.807) is 6.20 Å². The van der Waals surface area contributed by atoms with Crippen LogP contribution in [0.4, 0.5) is 0 Å². The van der Waals surface area contributed by atoms with Crippen LogP contribution in [0.1, 0.15) is 38.9 Å². The number of nitrogens with zero attached hydrogens (tertiary/aromatic N) is 4. The van der Waals surface area contributed by atoms with Gasteiger partial charge in [-0.15, -0.1) is 0 Å². The Morgan fingerprint density at radius 3 is 2.92 bits per heavy atom. The molecule has 1 aliphatic heterocycles. The van der Waals surface area contributed by atoms with Gasteiger partial charge in [0.25, 0.3) is 5.56 Å². The van der Waals surface area contributed by atoms with Gasteiger partial charge in [-0.05, 0) is 40.0 Å². The molecule has 1 amide bonds. The van der Waals surface area contributed by atoms with Crippen LogP contribution < -0.4 is 5.56 Å². The van der Waals surface area contributed by atoms with Gasteiger partial charge >= 0.3 is 0 Å². The number of carbonyl (C=O) groups excluding carboxylic acids is 1. The van der Waals surface area contributed by atoms with Gasteiger partial charge in [0.15, 0.2) is 5.58 Å². The van der Waals surface area contributed by atoms with Crippen molar-refractivity contribution in [3.8, 4) is 0 Å². The van der Waals surface area contributed by atoms with Crippen molar-refractivity contribution in [2.45, 2.75) is 59.2 Å². The van der Waals surface area contributed by atoms with Crippen molar-refractivity contribution in [3.05, 3.63) is 28.4 Å². The van der Waals surface area contributed by atoms with Crippen LogP contribution in [-0.2, 0) is 17.9 Å². The Morgan fingerprint density at radius 2 is 2.19 bits per heavy atom. The van der Waals surface area contributed by atoms with Gasteiger partial charge < -0.3 is 13.9 Å². The van der Waals surface area contributed by atoms with Gasteiger partial charge in [-0.3, -0.25) is 9.59 Å². The number of hydrogen-bond acceptors (Lipinski definition) is 4. The molecule has 1 aliphatic rings. The molecular weight excluding hydrogens is 332 g/mol. The van der Waals surface area contributed by atoms with Crippen LogP contribution in [0.25, 0.3) is 22.0 Å². The van der Waals surface area contributed by atoms with E-state index in [0.717, 1.165) is 37.1 Å². The summed E-state index contributed by atoms with van der Waals surface area (Å²) in [5, 5.41) is 4.96. The van der Waals surface area contributed by atoms with Gasteiger partial charge in [-0.2, -0.15) is 5.10 Å². The van der Waals surface area contributed by atoms with E-state index in [1.165, 1.54) is 4.68 Å². The Bertz CT molecular complexity index is 1040. The lowest BCUT2D eigenvalue weighted by Gasteiger charge is -2.33. The van der Waals surface area contributed by atoms with E-state index >= 15 is 0 Å². The maximum absolute atomic E-state index is 13.0. The van der Waals surface area contributed by atoms with E-state index in [-0.39, 0.29) is 24.1 Å². The summed E-state index contributed by atoms with van der Waals surface area (Å²) >= 11 is 0. The number of fused-ring (bicyclic) bond motifs is 3. The lowest BCUT2D eigenvalue weighted by molar-refractivity contribution is -0.135. The first-order chi connectivity index (χ1) is 12.5. The average Bonchev–Trinajstić information content (AvgIpc) is 3.12. The van der Waals surface area contributed by atoms with Gasteiger partial charge in [0.1, 0.15) is 17.8 Å². The number of aromatic nitrogens is 3. The number of aryl methyl sites for hydroxylation is 2. The second kappa shape index (κ2) is 6.30. The molecule has 138 valence electrons.